The largest absolute Gasteiger partial charge is 0.323 e. The Morgan fingerprint density at radius 2 is 2.14 bits per heavy atom. The van der Waals surface area contributed by atoms with E-state index in [9.17, 15) is 0 Å². The summed E-state index contributed by atoms with van der Waals surface area (Å²) in [6, 6.07) is 6.76. The lowest BCUT2D eigenvalue weighted by molar-refractivity contribution is 0.658. The van der Waals surface area contributed by atoms with Gasteiger partial charge in [0.1, 0.15) is 5.82 Å². The minimum Gasteiger partial charge on any atom is -0.323 e. The van der Waals surface area contributed by atoms with E-state index in [1.807, 2.05) is 19.4 Å². The third kappa shape index (κ3) is 2.05. The first-order valence-corrected chi connectivity index (χ1v) is 7.36. The fourth-order valence-corrected chi connectivity index (χ4v) is 2.91. The molecule has 21 heavy (non-hydrogen) atoms. The quantitative estimate of drug-likeness (QED) is 0.802. The van der Waals surface area contributed by atoms with Crippen molar-refractivity contribution in [3.63, 3.8) is 0 Å². The molecule has 1 unspecified atom stereocenters. The molecule has 2 heterocycles. The lowest BCUT2D eigenvalue weighted by atomic mass is 10.1. The van der Waals surface area contributed by atoms with Crippen molar-refractivity contribution < 1.29 is 0 Å². The van der Waals surface area contributed by atoms with E-state index in [2.05, 4.69) is 34.8 Å². The molecule has 1 aromatic carbocycles. The van der Waals surface area contributed by atoms with E-state index in [-0.39, 0.29) is 6.04 Å². The predicted octanol–water partition coefficient (Wildman–Crippen LogP) is 2.46. The minimum atomic E-state index is -0.230. The maximum atomic E-state index is 6.46. The standard InChI is InChI=1S/C16H19N5/c1-10-3-6-14-13(7-10)19-16(21(14)12-4-5-12)15(17)11-8-18-20(2)9-11/h3,6-9,12,15H,4-5,17H2,1-2H3. The second kappa shape index (κ2) is 4.43. The van der Waals surface area contributed by atoms with Gasteiger partial charge in [-0.1, -0.05) is 6.07 Å². The molecule has 108 valence electrons. The Balaban J connectivity index is 1.89. The van der Waals surface area contributed by atoms with E-state index in [4.69, 9.17) is 10.7 Å². The minimum absolute atomic E-state index is 0.230. The summed E-state index contributed by atoms with van der Waals surface area (Å²) < 4.78 is 4.11. The number of fused-ring (bicyclic) bond motifs is 1. The van der Waals surface area contributed by atoms with Gasteiger partial charge in [0.05, 0.1) is 23.3 Å². The monoisotopic (exact) mass is 281 g/mol. The highest BCUT2D eigenvalue weighted by atomic mass is 15.2. The van der Waals surface area contributed by atoms with Crippen molar-refractivity contribution in [2.24, 2.45) is 12.8 Å². The van der Waals surface area contributed by atoms with Crippen LogP contribution in [0.4, 0.5) is 0 Å². The van der Waals surface area contributed by atoms with Crippen LogP contribution in [0.15, 0.2) is 30.6 Å². The molecular formula is C16H19N5. The van der Waals surface area contributed by atoms with Gasteiger partial charge in [-0.25, -0.2) is 4.98 Å². The fourth-order valence-electron chi connectivity index (χ4n) is 2.91. The van der Waals surface area contributed by atoms with Crippen LogP contribution in [0.5, 0.6) is 0 Å². The molecule has 0 amide bonds. The van der Waals surface area contributed by atoms with E-state index >= 15 is 0 Å². The van der Waals surface area contributed by atoms with Crippen LogP contribution in [-0.4, -0.2) is 19.3 Å². The van der Waals surface area contributed by atoms with Gasteiger partial charge in [-0.15, -0.1) is 0 Å². The molecule has 1 saturated carbocycles. The van der Waals surface area contributed by atoms with Crippen LogP contribution in [0, 0.1) is 6.92 Å². The van der Waals surface area contributed by atoms with Crippen LogP contribution in [-0.2, 0) is 7.05 Å². The Bertz CT molecular complexity index is 809. The summed E-state index contributed by atoms with van der Waals surface area (Å²) in [5.74, 6) is 0.950. The van der Waals surface area contributed by atoms with Crippen molar-refractivity contribution in [3.8, 4) is 0 Å². The molecule has 0 bridgehead atoms. The maximum Gasteiger partial charge on any atom is 0.131 e. The first-order valence-electron chi connectivity index (χ1n) is 7.36. The van der Waals surface area contributed by atoms with Gasteiger partial charge in [0, 0.05) is 24.8 Å². The third-order valence-corrected chi connectivity index (χ3v) is 4.15. The molecule has 1 atom stereocenters. The molecule has 0 aliphatic heterocycles. The van der Waals surface area contributed by atoms with E-state index in [1.165, 1.54) is 23.9 Å². The number of nitrogens with two attached hydrogens (primary N) is 1. The molecule has 1 aliphatic rings. The second-order valence-corrected chi connectivity index (χ2v) is 5.99. The van der Waals surface area contributed by atoms with Crippen LogP contribution < -0.4 is 5.73 Å². The lowest BCUT2D eigenvalue weighted by Gasteiger charge is -2.12. The van der Waals surface area contributed by atoms with Crippen molar-refractivity contribution in [1.82, 2.24) is 19.3 Å². The summed E-state index contributed by atoms with van der Waals surface area (Å²) in [5, 5.41) is 4.22. The summed E-state index contributed by atoms with van der Waals surface area (Å²) in [6.45, 7) is 2.09. The molecule has 2 N–H and O–H groups in total. The highest BCUT2D eigenvalue weighted by Crippen LogP contribution is 2.40. The van der Waals surface area contributed by atoms with Crippen molar-refractivity contribution in [2.45, 2.75) is 31.8 Å². The number of rotatable bonds is 3. The molecule has 3 aromatic rings. The Morgan fingerprint density at radius 1 is 1.33 bits per heavy atom. The van der Waals surface area contributed by atoms with Crippen molar-refractivity contribution in [2.75, 3.05) is 0 Å². The zero-order valence-corrected chi connectivity index (χ0v) is 12.3. The summed E-state index contributed by atoms with van der Waals surface area (Å²) in [5.41, 5.74) is 10.9. The van der Waals surface area contributed by atoms with Gasteiger partial charge in [-0.3, -0.25) is 4.68 Å². The molecule has 5 heteroatoms. The van der Waals surface area contributed by atoms with Crippen molar-refractivity contribution >= 4 is 11.0 Å². The first-order chi connectivity index (χ1) is 10.1. The Labute approximate surface area is 123 Å². The van der Waals surface area contributed by atoms with Crippen LogP contribution >= 0.6 is 0 Å². The Hall–Kier alpha value is -2.14. The number of aryl methyl sites for hydroxylation is 2. The normalized spacial score (nSPS) is 16.5. The summed E-state index contributed by atoms with van der Waals surface area (Å²) >= 11 is 0. The molecule has 5 nitrogen and oxygen atoms in total. The Kier molecular flexibility index (Phi) is 2.65. The van der Waals surface area contributed by atoms with Gasteiger partial charge >= 0.3 is 0 Å². The maximum absolute atomic E-state index is 6.46. The Morgan fingerprint density at radius 3 is 2.81 bits per heavy atom. The number of hydrogen-bond donors (Lipinski definition) is 1. The summed E-state index contributed by atoms with van der Waals surface area (Å²) in [4.78, 5) is 4.82. The van der Waals surface area contributed by atoms with E-state index in [1.54, 1.807) is 4.68 Å². The number of benzene rings is 1. The van der Waals surface area contributed by atoms with E-state index in [0.29, 0.717) is 6.04 Å². The summed E-state index contributed by atoms with van der Waals surface area (Å²) in [7, 11) is 1.91. The molecular weight excluding hydrogens is 262 g/mol. The number of nitrogens with zero attached hydrogens (tertiary/aromatic N) is 4. The smallest absolute Gasteiger partial charge is 0.131 e. The summed E-state index contributed by atoms with van der Waals surface area (Å²) in [6.07, 6.45) is 6.22. The average molecular weight is 281 g/mol. The third-order valence-electron chi connectivity index (χ3n) is 4.15. The molecule has 0 saturated heterocycles. The van der Waals surface area contributed by atoms with Crippen LogP contribution in [0.2, 0.25) is 0 Å². The van der Waals surface area contributed by atoms with Gasteiger partial charge in [0.15, 0.2) is 0 Å². The zero-order chi connectivity index (χ0) is 14.6. The molecule has 1 fully saturated rings. The SMILES string of the molecule is Cc1ccc2c(c1)nc(C(N)c1cnn(C)c1)n2C1CC1. The van der Waals surface area contributed by atoms with E-state index < -0.39 is 0 Å². The second-order valence-electron chi connectivity index (χ2n) is 5.99. The molecule has 1 aliphatic carbocycles. The fraction of sp³-hybridized carbons (Fsp3) is 0.375. The van der Waals surface area contributed by atoms with Crippen LogP contribution in [0.25, 0.3) is 11.0 Å². The van der Waals surface area contributed by atoms with Crippen LogP contribution in [0.1, 0.15) is 41.9 Å². The molecule has 0 radical (unpaired) electrons. The van der Waals surface area contributed by atoms with E-state index in [0.717, 1.165) is 16.9 Å². The van der Waals surface area contributed by atoms with Gasteiger partial charge < -0.3 is 10.3 Å². The van der Waals surface area contributed by atoms with Crippen LogP contribution in [0.3, 0.4) is 0 Å². The highest BCUT2D eigenvalue weighted by molar-refractivity contribution is 5.77. The topological polar surface area (TPSA) is 61.7 Å². The molecule has 4 rings (SSSR count). The number of aromatic nitrogens is 4. The van der Waals surface area contributed by atoms with Crippen molar-refractivity contribution in [1.29, 1.82) is 0 Å². The van der Waals surface area contributed by atoms with Gasteiger partial charge in [-0.2, -0.15) is 5.10 Å². The number of imidazole rings is 1. The number of hydrogen-bond acceptors (Lipinski definition) is 3. The van der Waals surface area contributed by atoms with Gasteiger partial charge in [-0.05, 0) is 37.5 Å². The van der Waals surface area contributed by atoms with Gasteiger partial charge in [0.2, 0.25) is 0 Å². The first kappa shape index (κ1) is 12.6. The van der Waals surface area contributed by atoms with Crippen molar-refractivity contribution in [3.05, 3.63) is 47.5 Å². The van der Waals surface area contributed by atoms with Gasteiger partial charge in [0.25, 0.3) is 0 Å². The average Bonchev–Trinajstić information content (AvgIpc) is 3.09. The molecule has 2 aromatic heterocycles. The zero-order valence-electron chi connectivity index (χ0n) is 12.3. The molecule has 0 spiro atoms. The lowest BCUT2D eigenvalue weighted by Crippen LogP contribution is -2.17. The predicted molar refractivity (Wildman–Crippen MR) is 82.0 cm³/mol. The highest BCUT2D eigenvalue weighted by Gasteiger charge is 2.30.